The van der Waals surface area contributed by atoms with Crippen molar-refractivity contribution in [3.05, 3.63) is 34.4 Å². The van der Waals surface area contributed by atoms with Crippen molar-refractivity contribution in [3.8, 4) is 0 Å². The summed E-state index contributed by atoms with van der Waals surface area (Å²) in [6, 6.07) is 6.51. The summed E-state index contributed by atoms with van der Waals surface area (Å²) in [6.45, 7) is 2.86. The summed E-state index contributed by atoms with van der Waals surface area (Å²) in [5, 5.41) is 10.9. The molecule has 1 aliphatic heterocycles. The Morgan fingerprint density at radius 2 is 1.79 bits per heavy atom. The molecule has 1 aromatic carbocycles. The van der Waals surface area contributed by atoms with Gasteiger partial charge in [-0.1, -0.05) is 15.9 Å². The van der Waals surface area contributed by atoms with Crippen LogP contribution in [-0.2, 0) is 4.79 Å². The number of carbonyl (C=O) groups is 1. The molecule has 1 fully saturated rings. The van der Waals surface area contributed by atoms with E-state index < -0.39 is 4.92 Å². The minimum atomic E-state index is -0.406. The molecule has 1 amide bonds. The molecule has 1 saturated heterocycles. The van der Waals surface area contributed by atoms with Crippen LogP contribution >= 0.6 is 15.9 Å². The van der Waals surface area contributed by atoms with Gasteiger partial charge in [0.15, 0.2) is 0 Å². The largest absolute Gasteiger partial charge is 0.368 e. The lowest BCUT2D eigenvalue weighted by atomic mass is 10.2. The van der Waals surface area contributed by atoms with Crippen LogP contribution in [0.1, 0.15) is 0 Å². The van der Waals surface area contributed by atoms with Crippen LogP contribution < -0.4 is 4.90 Å². The van der Waals surface area contributed by atoms with Crippen LogP contribution in [0.25, 0.3) is 0 Å². The van der Waals surface area contributed by atoms with E-state index in [4.69, 9.17) is 0 Å². The molecule has 1 heterocycles. The smallest absolute Gasteiger partial charge is 0.269 e. The Morgan fingerprint density at radius 1 is 1.21 bits per heavy atom. The summed E-state index contributed by atoms with van der Waals surface area (Å²) in [5.41, 5.74) is 1.05. The van der Waals surface area contributed by atoms with Crippen LogP contribution in [0, 0.1) is 10.1 Å². The van der Waals surface area contributed by atoms with E-state index in [0.717, 1.165) is 18.8 Å². The number of non-ortho nitro benzene ring substituents is 1. The average molecular weight is 328 g/mol. The fourth-order valence-corrected chi connectivity index (χ4v) is 2.44. The van der Waals surface area contributed by atoms with Crippen LogP contribution in [0.4, 0.5) is 11.4 Å². The molecule has 1 aromatic rings. The van der Waals surface area contributed by atoms with Crippen molar-refractivity contribution < 1.29 is 9.72 Å². The van der Waals surface area contributed by atoms with Crippen molar-refractivity contribution in [1.82, 2.24) is 4.90 Å². The highest BCUT2D eigenvalue weighted by molar-refractivity contribution is 9.09. The van der Waals surface area contributed by atoms with Gasteiger partial charge in [0.25, 0.3) is 5.69 Å². The van der Waals surface area contributed by atoms with E-state index in [1.165, 1.54) is 12.1 Å². The van der Waals surface area contributed by atoms with Crippen molar-refractivity contribution in [2.24, 2.45) is 0 Å². The Balaban J connectivity index is 1.97. The Kier molecular flexibility index (Phi) is 4.36. The highest BCUT2D eigenvalue weighted by Gasteiger charge is 2.20. The minimum absolute atomic E-state index is 0.0943. The number of benzene rings is 1. The van der Waals surface area contributed by atoms with Gasteiger partial charge in [-0.25, -0.2) is 0 Å². The lowest BCUT2D eigenvalue weighted by Gasteiger charge is -2.35. The molecule has 0 aromatic heterocycles. The molecule has 2 rings (SSSR count). The Bertz CT molecular complexity index is 470. The van der Waals surface area contributed by atoms with E-state index in [2.05, 4.69) is 20.8 Å². The van der Waals surface area contributed by atoms with Crippen LogP contribution in [0.3, 0.4) is 0 Å². The molecular weight excluding hydrogens is 314 g/mol. The first kappa shape index (κ1) is 13.8. The second-order valence-corrected chi connectivity index (χ2v) is 4.84. The average Bonchev–Trinajstić information content (AvgIpc) is 2.46. The van der Waals surface area contributed by atoms with Crippen molar-refractivity contribution in [1.29, 1.82) is 0 Å². The third-order valence-corrected chi connectivity index (χ3v) is 3.65. The molecule has 0 unspecified atom stereocenters. The molecule has 0 N–H and O–H groups in total. The number of alkyl halides is 1. The van der Waals surface area contributed by atoms with E-state index in [1.807, 2.05) is 4.90 Å². The van der Waals surface area contributed by atoms with Gasteiger partial charge in [-0.05, 0) is 12.1 Å². The van der Waals surface area contributed by atoms with Crippen molar-refractivity contribution >= 4 is 33.2 Å². The van der Waals surface area contributed by atoms with Gasteiger partial charge in [-0.15, -0.1) is 0 Å². The maximum atomic E-state index is 11.5. The summed E-state index contributed by atoms with van der Waals surface area (Å²) in [5.74, 6) is 0.100. The summed E-state index contributed by atoms with van der Waals surface area (Å²) < 4.78 is 0. The molecule has 102 valence electrons. The predicted molar refractivity (Wildman–Crippen MR) is 75.7 cm³/mol. The number of nitrogens with zero attached hydrogens (tertiary/aromatic N) is 3. The van der Waals surface area contributed by atoms with Gasteiger partial charge in [-0.2, -0.15) is 0 Å². The maximum Gasteiger partial charge on any atom is 0.269 e. The fourth-order valence-electron chi connectivity index (χ4n) is 2.08. The highest BCUT2D eigenvalue weighted by Crippen LogP contribution is 2.20. The van der Waals surface area contributed by atoms with Crippen molar-refractivity contribution in [2.75, 3.05) is 36.4 Å². The minimum Gasteiger partial charge on any atom is -0.368 e. The number of nitro benzene ring substituents is 1. The molecule has 7 heteroatoms. The molecule has 1 aliphatic rings. The lowest BCUT2D eigenvalue weighted by molar-refractivity contribution is -0.384. The zero-order valence-electron chi connectivity index (χ0n) is 10.3. The van der Waals surface area contributed by atoms with Crippen molar-refractivity contribution in [2.45, 2.75) is 0 Å². The molecular formula is C12H14BrN3O3. The number of carbonyl (C=O) groups excluding carboxylic acids is 1. The zero-order valence-corrected chi connectivity index (χ0v) is 11.9. The Labute approximate surface area is 119 Å². The van der Waals surface area contributed by atoms with Gasteiger partial charge >= 0.3 is 0 Å². The molecule has 0 atom stereocenters. The van der Waals surface area contributed by atoms with Crippen LogP contribution in [0.5, 0.6) is 0 Å². The number of hydrogen-bond acceptors (Lipinski definition) is 4. The van der Waals surface area contributed by atoms with E-state index in [0.29, 0.717) is 18.4 Å². The zero-order chi connectivity index (χ0) is 13.8. The molecule has 19 heavy (non-hydrogen) atoms. The number of halogens is 1. The maximum absolute atomic E-state index is 11.5. The SMILES string of the molecule is O=C(CBr)N1CCN(c2ccc([N+](=O)[O-])cc2)CC1. The number of piperazine rings is 1. The second-order valence-electron chi connectivity index (χ2n) is 4.27. The predicted octanol–water partition coefficient (Wildman–Crippen LogP) is 1.64. The fraction of sp³-hybridized carbons (Fsp3) is 0.417. The van der Waals surface area contributed by atoms with Gasteiger partial charge < -0.3 is 9.80 Å². The summed E-state index contributed by atoms with van der Waals surface area (Å²) in [6.07, 6.45) is 0. The molecule has 6 nitrogen and oxygen atoms in total. The monoisotopic (exact) mass is 327 g/mol. The quantitative estimate of drug-likeness (QED) is 0.481. The number of amides is 1. The van der Waals surface area contributed by atoms with Crippen molar-refractivity contribution in [3.63, 3.8) is 0 Å². The van der Waals surface area contributed by atoms with E-state index in [-0.39, 0.29) is 11.6 Å². The van der Waals surface area contributed by atoms with Gasteiger partial charge in [0, 0.05) is 44.0 Å². The first-order valence-electron chi connectivity index (χ1n) is 5.95. The van der Waals surface area contributed by atoms with E-state index >= 15 is 0 Å². The van der Waals surface area contributed by atoms with Gasteiger partial charge in [0.05, 0.1) is 10.3 Å². The first-order chi connectivity index (χ1) is 9.11. The summed E-state index contributed by atoms with van der Waals surface area (Å²) >= 11 is 3.16. The molecule has 0 saturated carbocycles. The van der Waals surface area contributed by atoms with E-state index in [9.17, 15) is 14.9 Å². The number of rotatable bonds is 3. The molecule has 0 radical (unpaired) electrons. The van der Waals surface area contributed by atoms with Crippen LogP contribution in [-0.4, -0.2) is 47.2 Å². The van der Waals surface area contributed by atoms with Gasteiger partial charge in [-0.3, -0.25) is 14.9 Å². The van der Waals surface area contributed by atoms with Gasteiger partial charge in [0.1, 0.15) is 0 Å². The standard InChI is InChI=1S/C12H14BrN3O3/c13-9-12(17)15-7-5-14(6-8-15)10-1-3-11(4-2-10)16(18)19/h1-4H,5-9H2. The number of nitro groups is 1. The Morgan fingerprint density at radius 3 is 2.26 bits per heavy atom. The second kappa shape index (κ2) is 6.01. The normalized spacial score (nSPS) is 15.4. The summed E-state index contributed by atoms with van der Waals surface area (Å²) in [7, 11) is 0. The van der Waals surface area contributed by atoms with Gasteiger partial charge in [0.2, 0.25) is 5.91 Å². The molecule has 0 bridgehead atoms. The Hall–Kier alpha value is -1.63. The van der Waals surface area contributed by atoms with E-state index in [1.54, 1.807) is 12.1 Å². The van der Waals surface area contributed by atoms with Crippen LogP contribution in [0.15, 0.2) is 24.3 Å². The highest BCUT2D eigenvalue weighted by atomic mass is 79.9. The lowest BCUT2D eigenvalue weighted by Crippen LogP contribution is -2.49. The molecule has 0 spiro atoms. The number of hydrogen-bond donors (Lipinski definition) is 0. The first-order valence-corrected chi connectivity index (χ1v) is 7.07. The third kappa shape index (κ3) is 3.23. The third-order valence-electron chi connectivity index (χ3n) is 3.17. The summed E-state index contributed by atoms with van der Waals surface area (Å²) in [4.78, 5) is 25.6. The van der Waals surface area contributed by atoms with Crippen LogP contribution in [0.2, 0.25) is 0 Å². The molecule has 0 aliphatic carbocycles. The number of anilines is 1. The topological polar surface area (TPSA) is 66.7 Å².